The lowest BCUT2D eigenvalue weighted by atomic mass is 9.84. The van der Waals surface area contributed by atoms with E-state index in [1.54, 1.807) is 17.8 Å². The van der Waals surface area contributed by atoms with Crippen molar-refractivity contribution in [1.29, 1.82) is 0 Å². The van der Waals surface area contributed by atoms with Crippen LogP contribution in [0.3, 0.4) is 0 Å². The average molecular weight is 584 g/mol. The molecule has 1 amide bonds. The lowest BCUT2D eigenvalue weighted by Crippen LogP contribution is -2.49. The molecule has 0 radical (unpaired) electrons. The Bertz CT molecular complexity index is 970. The molecule has 1 unspecified atom stereocenters. The molecular weight excluding hydrogens is 545 g/mol. The van der Waals surface area contributed by atoms with Crippen LogP contribution in [0.4, 0.5) is 0 Å². The van der Waals surface area contributed by atoms with Gasteiger partial charge in [-0.25, -0.2) is 5.84 Å². The summed E-state index contributed by atoms with van der Waals surface area (Å²) in [6, 6.07) is 0. The number of nitrogens with one attached hydrogen (secondary N) is 1. The van der Waals surface area contributed by atoms with Gasteiger partial charge in [0.2, 0.25) is 0 Å². The zero-order valence-electron chi connectivity index (χ0n) is 20.7. The summed E-state index contributed by atoms with van der Waals surface area (Å²) in [5.74, 6) is 7.20. The first kappa shape index (κ1) is 27.6. The van der Waals surface area contributed by atoms with E-state index in [0.717, 1.165) is 23.4 Å². The predicted molar refractivity (Wildman–Crippen MR) is 153 cm³/mol. The van der Waals surface area contributed by atoms with Crippen LogP contribution in [-0.4, -0.2) is 37.4 Å². The molecular formula is C25H38IN5OS. The van der Waals surface area contributed by atoms with Crippen LogP contribution in [0.15, 0.2) is 62.0 Å². The van der Waals surface area contributed by atoms with E-state index in [1.807, 2.05) is 33.8 Å². The number of allylic oxidation sites excluding steroid dienone is 6. The van der Waals surface area contributed by atoms with Crippen molar-refractivity contribution in [2.75, 3.05) is 5.75 Å². The molecule has 2 aliphatic rings. The number of nitrogens with zero attached hydrogens (tertiary/aromatic N) is 2. The van der Waals surface area contributed by atoms with Crippen LogP contribution in [-0.2, 0) is 4.79 Å². The Balaban J connectivity index is 2.42. The van der Waals surface area contributed by atoms with Gasteiger partial charge in [0.15, 0.2) is 5.17 Å². The SMILES string of the molecule is C=IC1=C(C2(C)CCSC(N)=N2)CC=C(NC(=O)/C(=C/C(=C)C)N(N)C(C)(C)C)C=C[C@@H]1C. The Hall–Kier alpha value is -1.65. The number of amides is 1. The molecule has 1 aliphatic heterocycles. The molecule has 6 nitrogen and oxygen atoms in total. The average Bonchev–Trinajstić information content (AvgIpc) is 2.69. The number of hydrazine groups is 1. The van der Waals surface area contributed by atoms with Crippen LogP contribution in [0.2, 0.25) is 0 Å². The van der Waals surface area contributed by atoms with E-state index in [2.05, 4.69) is 42.4 Å². The summed E-state index contributed by atoms with van der Waals surface area (Å²) in [7, 11) is 0. The highest BCUT2D eigenvalue weighted by Gasteiger charge is 2.34. The third-order valence-corrected chi connectivity index (χ3v) is 8.87. The van der Waals surface area contributed by atoms with Crippen LogP contribution in [0.5, 0.6) is 0 Å². The van der Waals surface area contributed by atoms with Crippen molar-refractivity contribution in [2.24, 2.45) is 22.5 Å². The summed E-state index contributed by atoms with van der Waals surface area (Å²) in [6.07, 6.45) is 9.51. The second-order valence-electron chi connectivity index (χ2n) is 9.66. The highest BCUT2D eigenvalue weighted by Crippen LogP contribution is 2.42. The molecule has 0 spiro atoms. The molecule has 0 saturated carbocycles. The number of carbonyl (C=O) groups excluding carboxylic acids is 1. The second kappa shape index (κ2) is 11.2. The van der Waals surface area contributed by atoms with Gasteiger partial charge in [0.05, 0.1) is 5.54 Å². The highest BCUT2D eigenvalue weighted by atomic mass is 127. The maximum absolute atomic E-state index is 13.2. The number of nitrogens with two attached hydrogens (primary N) is 2. The largest absolute Gasteiger partial charge is 0.379 e. The molecule has 0 aromatic heterocycles. The van der Waals surface area contributed by atoms with E-state index in [0.29, 0.717) is 17.3 Å². The maximum Gasteiger partial charge on any atom is 0.273 e. The number of thioether (sulfide) groups is 1. The first-order valence-corrected chi connectivity index (χ1v) is 14.6. The van der Waals surface area contributed by atoms with Gasteiger partial charge in [-0.1, -0.05) is 68.2 Å². The molecule has 0 saturated heterocycles. The minimum atomic E-state index is -0.424. The van der Waals surface area contributed by atoms with Crippen molar-refractivity contribution in [2.45, 2.75) is 65.5 Å². The Morgan fingerprint density at radius 1 is 1.45 bits per heavy atom. The van der Waals surface area contributed by atoms with E-state index >= 15 is 0 Å². The Kier molecular flexibility index (Phi) is 9.35. The molecule has 8 heteroatoms. The number of hydrogen-bond acceptors (Lipinski definition) is 6. The molecule has 0 fully saturated rings. The van der Waals surface area contributed by atoms with Crippen molar-refractivity contribution < 1.29 is 4.79 Å². The fraction of sp³-hybridized carbons (Fsp3) is 0.480. The third kappa shape index (κ3) is 7.16. The van der Waals surface area contributed by atoms with Gasteiger partial charge in [-0.15, -0.1) is 0 Å². The summed E-state index contributed by atoms with van der Waals surface area (Å²) < 4.78 is 5.69. The number of rotatable bonds is 6. The maximum atomic E-state index is 13.2. The predicted octanol–water partition coefficient (Wildman–Crippen LogP) is 4.88. The van der Waals surface area contributed by atoms with Crippen molar-refractivity contribution in [3.8, 4) is 0 Å². The molecule has 1 aliphatic carbocycles. The van der Waals surface area contributed by atoms with Gasteiger partial charge in [-0.05, 0) is 68.8 Å². The normalized spacial score (nSPS) is 24.5. The van der Waals surface area contributed by atoms with E-state index in [4.69, 9.17) is 16.6 Å². The van der Waals surface area contributed by atoms with Gasteiger partial charge in [-0.3, -0.25) is 9.79 Å². The van der Waals surface area contributed by atoms with Crippen molar-refractivity contribution in [3.05, 3.63) is 57.0 Å². The van der Waals surface area contributed by atoms with E-state index < -0.39 is 5.54 Å². The summed E-state index contributed by atoms with van der Waals surface area (Å²) in [5.41, 5.74) is 8.49. The summed E-state index contributed by atoms with van der Waals surface area (Å²) in [5, 5.41) is 5.18. The quantitative estimate of drug-likeness (QED) is 0.136. The lowest BCUT2D eigenvalue weighted by molar-refractivity contribution is -0.119. The van der Waals surface area contributed by atoms with Gasteiger partial charge in [0.1, 0.15) is 5.70 Å². The lowest BCUT2D eigenvalue weighted by Gasteiger charge is -2.35. The zero-order chi connectivity index (χ0) is 25.0. The molecule has 1 heterocycles. The molecule has 0 aromatic rings. The second-order valence-corrected chi connectivity index (χ2v) is 12.7. The van der Waals surface area contributed by atoms with Crippen LogP contribution in [0, 0.1) is 5.92 Å². The summed E-state index contributed by atoms with van der Waals surface area (Å²) in [6.45, 7) is 16.0. The Morgan fingerprint density at radius 3 is 2.67 bits per heavy atom. The molecule has 2 rings (SSSR count). The number of aliphatic imine (C=N–C) groups is 1. The zero-order valence-corrected chi connectivity index (χ0v) is 23.6. The minimum absolute atomic E-state index is 0.222. The van der Waals surface area contributed by atoms with Crippen LogP contribution < -0.4 is 16.9 Å². The Morgan fingerprint density at radius 2 is 2.12 bits per heavy atom. The van der Waals surface area contributed by atoms with Crippen molar-refractivity contribution in [1.82, 2.24) is 10.3 Å². The molecule has 5 N–H and O–H groups in total. The van der Waals surface area contributed by atoms with Crippen molar-refractivity contribution in [3.63, 3.8) is 0 Å². The molecule has 182 valence electrons. The third-order valence-electron chi connectivity index (χ3n) is 5.62. The van der Waals surface area contributed by atoms with Crippen LogP contribution in [0.1, 0.15) is 54.4 Å². The minimum Gasteiger partial charge on any atom is -0.379 e. The topological polar surface area (TPSA) is 96.7 Å². The van der Waals surface area contributed by atoms with E-state index in [9.17, 15) is 4.79 Å². The van der Waals surface area contributed by atoms with Gasteiger partial charge in [0.25, 0.3) is 5.91 Å². The van der Waals surface area contributed by atoms with Crippen LogP contribution >= 0.6 is 32.5 Å². The summed E-state index contributed by atoms with van der Waals surface area (Å²) >= 11 is 1.24. The number of carbonyl (C=O) groups is 1. The van der Waals surface area contributed by atoms with Gasteiger partial charge in [0, 0.05) is 22.9 Å². The molecule has 0 bridgehead atoms. The van der Waals surface area contributed by atoms with Gasteiger partial charge in [-0.2, -0.15) is 0 Å². The van der Waals surface area contributed by atoms with Crippen LogP contribution in [0.25, 0.3) is 0 Å². The van der Waals surface area contributed by atoms with E-state index in [-0.39, 0.29) is 38.1 Å². The van der Waals surface area contributed by atoms with Crippen molar-refractivity contribution >= 4 is 48.1 Å². The Labute approximate surface area is 213 Å². The summed E-state index contributed by atoms with van der Waals surface area (Å²) in [4.78, 5) is 18.1. The van der Waals surface area contributed by atoms with Gasteiger partial charge < -0.3 is 16.1 Å². The molecule has 0 aromatic carbocycles. The highest BCUT2D eigenvalue weighted by molar-refractivity contribution is 14.2. The van der Waals surface area contributed by atoms with Gasteiger partial charge >= 0.3 is 0 Å². The monoisotopic (exact) mass is 583 g/mol. The van der Waals surface area contributed by atoms with E-state index in [1.165, 1.54) is 14.2 Å². The number of halogens is 1. The number of amidine groups is 1. The first-order chi connectivity index (χ1) is 15.3. The first-order valence-electron chi connectivity index (χ1n) is 11.0. The fourth-order valence-corrected chi connectivity index (χ4v) is 6.83. The smallest absolute Gasteiger partial charge is 0.273 e. The molecule has 2 atom stereocenters. The fourth-order valence-electron chi connectivity index (χ4n) is 3.70. The standard InChI is InChI=1S/C25H38IN5OS/c1-16(2)15-20(31(28)24(4,5)6)22(32)29-18-10-9-17(3)21(26-8)19(12-11-18)25(7)13-14-33-23(27)30-25/h9-11,15,17H,1,8,12-14,28H2,2-7H3,(H2,27,30)(H,29,32)/b10-9?,18-11?,20-15-,21-19?/t17-,25?/m0/s1. The molecule has 33 heavy (non-hydrogen) atoms. The number of hydrogen-bond donors (Lipinski definition) is 3.